The quantitative estimate of drug-likeness (QED) is 0.679. The van der Waals surface area contributed by atoms with Gasteiger partial charge in [-0.25, -0.2) is 0 Å². The molecule has 2 aromatic rings. The second-order valence-electron chi connectivity index (χ2n) is 6.58. The van der Waals surface area contributed by atoms with Crippen LogP contribution in [-0.4, -0.2) is 25.9 Å². The van der Waals surface area contributed by atoms with Crippen LogP contribution in [0.5, 0.6) is 5.75 Å². The minimum absolute atomic E-state index is 0.369. The molecule has 0 spiro atoms. The van der Waals surface area contributed by atoms with Crippen molar-refractivity contribution in [2.45, 2.75) is 51.7 Å². The molecular weight excluding hydrogens is 298 g/mol. The van der Waals surface area contributed by atoms with Gasteiger partial charge < -0.3 is 14.8 Å². The summed E-state index contributed by atoms with van der Waals surface area (Å²) in [6.07, 6.45) is 6.28. The summed E-state index contributed by atoms with van der Waals surface area (Å²) < 4.78 is 11.8. The average molecular weight is 327 g/mol. The van der Waals surface area contributed by atoms with Crippen LogP contribution in [0.25, 0.3) is 10.8 Å². The van der Waals surface area contributed by atoms with E-state index in [4.69, 9.17) is 9.47 Å². The van der Waals surface area contributed by atoms with Crippen LogP contribution in [0, 0.1) is 0 Å². The Balaban J connectivity index is 1.70. The molecule has 1 aliphatic heterocycles. The summed E-state index contributed by atoms with van der Waals surface area (Å²) in [7, 11) is 0. The van der Waals surface area contributed by atoms with Crippen molar-refractivity contribution in [2.75, 3.05) is 19.8 Å². The maximum Gasteiger partial charge on any atom is 0.124 e. The lowest BCUT2D eigenvalue weighted by Gasteiger charge is -2.16. The Morgan fingerprint density at radius 1 is 1.17 bits per heavy atom. The Kier molecular flexibility index (Phi) is 6.50. The van der Waals surface area contributed by atoms with Gasteiger partial charge in [0, 0.05) is 25.3 Å². The third-order valence-electron chi connectivity index (χ3n) is 4.70. The Morgan fingerprint density at radius 3 is 2.92 bits per heavy atom. The van der Waals surface area contributed by atoms with Gasteiger partial charge in [-0.2, -0.15) is 0 Å². The summed E-state index contributed by atoms with van der Waals surface area (Å²) in [6.45, 7) is 5.66. The fraction of sp³-hybridized carbons (Fsp3) is 0.524. The molecule has 0 saturated carbocycles. The highest BCUT2D eigenvalue weighted by atomic mass is 16.5. The summed E-state index contributed by atoms with van der Waals surface area (Å²) in [5.41, 5.74) is 1.27. The van der Waals surface area contributed by atoms with Crippen LogP contribution >= 0.6 is 0 Å². The van der Waals surface area contributed by atoms with E-state index < -0.39 is 0 Å². The molecule has 1 heterocycles. The molecule has 3 heteroatoms. The normalized spacial score (nSPS) is 17.5. The lowest BCUT2D eigenvalue weighted by atomic mass is 10.0. The molecule has 0 aliphatic carbocycles. The number of benzene rings is 2. The van der Waals surface area contributed by atoms with E-state index in [-0.39, 0.29) is 0 Å². The summed E-state index contributed by atoms with van der Waals surface area (Å²) in [6, 6.07) is 12.8. The van der Waals surface area contributed by atoms with Crippen molar-refractivity contribution < 1.29 is 9.47 Å². The molecule has 0 radical (unpaired) electrons. The van der Waals surface area contributed by atoms with Crippen molar-refractivity contribution in [2.24, 2.45) is 0 Å². The highest BCUT2D eigenvalue weighted by Crippen LogP contribution is 2.28. The molecular formula is C21H29NO2. The molecule has 0 aromatic heterocycles. The maximum atomic E-state index is 6.10. The fourth-order valence-corrected chi connectivity index (χ4v) is 3.33. The van der Waals surface area contributed by atoms with Gasteiger partial charge >= 0.3 is 0 Å². The SMILES string of the molecule is CCCCCOc1ccc2ccccc2c1CNCC1CCCO1. The lowest BCUT2D eigenvalue weighted by Crippen LogP contribution is -2.26. The maximum absolute atomic E-state index is 6.10. The van der Waals surface area contributed by atoms with Crippen molar-refractivity contribution in [3.63, 3.8) is 0 Å². The summed E-state index contributed by atoms with van der Waals surface area (Å²) in [5.74, 6) is 1.02. The number of hydrogen-bond donors (Lipinski definition) is 1. The van der Waals surface area contributed by atoms with Crippen molar-refractivity contribution in [1.82, 2.24) is 5.32 Å². The van der Waals surface area contributed by atoms with Crippen LogP contribution in [0.3, 0.4) is 0 Å². The summed E-state index contributed by atoms with van der Waals surface area (Å²) in [5, 5.41) is 6.13. The number of hydrogen-bond acceptors (Lipinski definition) is 3. The van der Waals surface area contributed by atoms with Crippen LogP contribution < -0.4 is 10.1 Å². The molecule has 1 N–H and O–H groups in total. The van der Waals surface area contributed by atoms with Crippen LogP contribution in [0.15, 0.2) is 36.4 Å². The molecule has 1 saturated heterocycles. The van der Waals surface area contributed by atoms with Crippen molar-refractivity contribution in [3.8, 4) is 5.75 Å². The Bertz CT molecular complexity index is 635. The summed E-state index contributed by atoms with van der Waals surface area (Å²) in [4.78, 5) is 0. The number of nitrogens with one attached hydrogen (secondary N) is 1. The summed E-state index contributed by atoms with van der Waals surface area (Å²) >= 11 is 0. The average Bonchev–Trinajstić information content (AvgIpc) is 3.13. The van der Waals surface area contributed by atoms with Crippen molar-refractivity contribution >= 4 is 10.8 Å². The van der Waals surface area contributed by atoms with E-state index >= 15 is 0 Å². The number of ether oxygens (including phenoxy) is 2. The number of rotatable bonds is 9. The van der Waals surface area contributed by atoms with E-state index in [1.54, 1.807) is 0 Å². The number of unbranched alkanes of at least 4 members (excludes halogenated alkanes) is 2. The van der Waals surface area contributed by atoms with Crippen LogP contribution in [0.4, 0.5) is 0 Å². The van der Waals surface area contributed by atoms with Gasteiger partial charge in [-0.05, 0) is 36.1 Å². The van der Waals surface area contributed by atoms with Gasteiger partial charge in [0.15, 0.2) is 0 Å². The Hall–Kier alpha value is -1.58. The van der Waals surface area contributed by atoms with E-state index in [9.17, 15) is 0 Å². The molecule has 0 bridgehead atoms. The predicted molar refractivity (Wildman–Crippen MR) is 99.6 cm³/mol. The molecule has 130 valence electrons. The zero-order chi connectivity index (χ0) is 16.6. The molecule has 0 amide bonds. The molecule has 1 atom stereocenters. The van der Waals surface area contributed by atoms with E-state index in [1.807, 2.05) is 0 Å². The topological polar surface area (TPSA) is 30.5 Å². The standard InChI is InChI=1S/C21H29NO2/c1-2-3-6-13-24-21-12-11-17-8-4-5-10-19(17)20(21)16-22-15-18-9-7-14-23-18/h4-5,8,10-12,18,22H,2-3,6-7,9,13-16H2,1H3. The fourth-order valence-electron chi connectivity index (χ4n) is 3.33. The second-order valence-corrected chi connectivity index (χ2v) is 6.58. The molecule has 3 nitrogen and oxygen atoms in total. The predicted octanol–water partition coefficient (Wildman–Crippen LogP) is 4.68. The molecule has 1 unspecified atom stereocenters. The monoisotopic (exact) mass is 327 g/mol. The minimum atomic E-state index is 0.369. The minimum Gasteiger partial charge on any atom is -0.493 e. The number of fused-ring (bicyclic) bond motifs is 1. The highest BCUT2D eigenvalue weighted by Gasteiger charge is 2.15. The third kappa shape index (κ3) is 4.49. The van der Waals surface area contributed by atoms with Gasteiger partial charge in [0.25, 0.3) is 0 Å². The Labute approximate surface area is 145 Å². The first-order chi connectivity index (χ1) is 11.9. The van der Waals surface area contributed by atoms with Gasteiger partial charge in [0.1, 0.15) is 5.75 Å². The molecule has 3 rings (SSSR count). The van der Waals surface area contributed by atoms with Crippen LogP contribution in [0.2, 0.25) is 0 Å². The van der Waals surface area contributed by atoms with Crippen molar-refractivity contribution in [1.29, 1.82) is 0 Å². The molecule has 1 aliphatic rings. The van der Waals surface area contributed by atoms with E-state index in [0.29, 0.717) is 6.10 Å². The van der Waals surface area contributed by atoms with Gasteiger partial charge in [0.05, 0.1) is 12.7 Å². The van der Waals surface area contributed by atoms with Gasteiger partial charge in [-0.3, -0.25) is 0 Å². The zero-order valence-corrected chi connectivity index (χ0v) is 14.7. The molecule has 2 aromatic carbocycles. The van der Waals surface area contributed by atoms with Gasteiger partial charge in [-0.15, -0.1) is 0 Å². The van der Waals surface area contributed by atoms with E-state index in [1.165, 1.54) is 42.0 Å². The largest absolute Gasteiger partial charge is 0.493 e. The molecule has 1 fully saturated rings. The third-order valence-corrected chi connectivity index (χ3v) is 4.70. The first-order valence-corrected chi connectivity index (χ1v) is 9.34. The van der Waals surface area contributed by atoms with E-state index in [2.05, 4.69) is 48.6 Å². The first kappa shape index (κ1) is 17.2. The highest BCUT2D eigenvalue weighted by molar-refractivity contribution is 5.87. The lowest BCUT2D eigenvalue weighted by molar-refractivity contribution is 0.110. The van der Waals surface area contributed by atoms with Crippen LogP contribution in [-0.2, 0) is 11.3 Å². The van der Waals surface area contributed by atoms with E-state index in [0.717, 1.165) is 38.5 Å². The second kappa shape index (κ2) is 9.05. The smallest absolute Gasteiger partial charge is 0.124 e. The Morgan fingerprint density at radius 2 is 2.08 bits per heavy atom. The molecule has 24 heavy (non-hydrogen) atoms. The van der Waals surface area contributed by atoms with Gasteiger partial charge in [0.2, 0.25) is 0 Å². The van der Waals surface area contributed by atoms with Crippen LogP contribution in [0.1, 0.15) is 44.6 Å². The first-order valence-electron chi connectivity index (χ1n) is 9.34. The zero-order valence-electron chi connectivity index (χ0n) is 14.7. The van der Waals surface area contributed by atoms with Crippen molar-refractivity contribution in [3.05, 3.63) is 42.0 Å². The van der Waals surface area contributed by atoms with Gasteiger partial charge in [-0.1, -0.05) is 50.1 Å².